The normalized spacial score (nSPS) is 29.9. The summed E-state index contributed by atoms with van der Waals surface area (Å²) in [4.78, 5) is 23.6. The second kappa shape index (κ2) is 10.3. The topological polar surface area (TPSA) is 122 Å². The van der Waals surface area contributed by atoms with Crippen LogP contribution in [0.1, 0.15) is 38.2 Å². The van der Waals surface area contributed by atoms with E-state index < -0.39 is 49.5 Å². The third kappa shape index (κ3) is 5.72. The lowest BCUT2D eigenvalue weighted by Gasteiger charge is -2.49. The van der Waals surface area contributed by atoms with Gasteiger partial charge in [-0.1, -0.05) is 36.4 Å². The third-order valence-corrected chi connectivity index (χ3v) is 6.47. The molecule has 3 heterocycles. The lowest BCUT2D eigenvalue weighted by atomic mass is 9.95. The molecule has 2 aromatic carbocycles. The first-order chi connectivity index (χ1) is 17.7. The average molecular weight is 514 g/mol. The van der Waals surface area contributed by atoms with Crippen molar-refractivity contribution in [3.63, 3.8) is 0 Å². The van der Waals surface area contributed by atoms with Crippen LogP contribution in [0.5, 0.6) is 11.5 Å². The molecule has 0 bridgehead atoms. The molecule has 10 nitrogen and oxygen atoms in total. The van der Waals surface area contributed by atoms with E-state index in [0.717, 1.165) is 23.3 Å². The molecule has 0 radical (unpaired) electrons. The molecule has 1 amide bonds. The Morgan fingerprint density at radius 3 is 2.65 bits per heavy atom. The minimum absolute atomic E-state index is 0.158. The highest BCUT2D eigenvalue weighted by molar-refractivity contribution is 5.73. The Balaban J connectivity index is 1.41. The molecular formula is C27H31NO9. The van der Waals surface area contributed by atoms with Gasteiger partial charge in [0.25, 0.3) is 0 Å². The van der Waals surface area contributed by atoms with Gasteiger partial charge in [0, 0.05) is 25.0 Å². The van der Waals surface area contributed by atoms with Gasteiger partial charge < -0.3 is 38.8 Å². The van der Waals surface area contributed by atoms with Crippen molar-refractivity contribution in [3.8, 4) is 11.5 Å². The van der Waals surface area contributed by atoms with Crippen LogP contribution >= 0.6 is 0 Å². The number of hydrogen-bond donors (Lipinski definition) is 2. The van der Waals surface area contributed by atoms with Gasteiger partial charge in [-0.05, 0) is 25.5 Å². The first-order valence-electron chi connectivity index (χ1n) is 12.2. The van der Waals surface area contributed by atoms with Crippen molar-refractivity contribution in [3.05, 3.63) is 59.7 Å². The van der Waals surface area contributed by atoms with Crippen molar-refractivity contribution >= 4 is 11.9 Å². The van der Waals surface area contributed by atoms with E-state index in [4.69, 9.17) is 28.4 Å². The van der Waals surface area contributed by atoms with Crippen LogP contribution in [0.25, 0.3) is 0 Å². The van der Waals surface area contributed by atoms with Gasteiger partial charge in [0.05, 0.1) is 6.61 Å². The molecule has 0 aliphatic carbocycles. The van der Waals surface area contributed by atoms with Gasteiger partial charge in [0.2, 0.25) is 12.2 Å². The Hall–Kier alpha value is -3.18. The minimum atomic E-state index is -1.15. The molecule has 5 rings (SSSR count). The first-order valence-corrected chi connectivity index (χ1v) is 12.2. The quantitative estimate of drug-likeness (QED) is 0.575. The van der Waals surface area contributed by atoms with E-state index in [1.54, 1.807) is 6.07 Å². The number of carbonyl (C=O) groups is 2. The van der Waals surface area contributed by atoms with Crippen LogP contribution in [0.2, 0.25) is 0 Å². The number of carbonyl (C=O) groups excluding carboxylic acids is 1. The fraction of sp³-hybridized carbons (Fsp3) is 0.481. The number of nitrogens with one attached hydrogen (secondary N) is 1. The van der Waals surface area contributed by atoms with Crippen molar-refractivity contribution < 1.29 is 43.1 Å². The van der Waals surface area contributed by atoms with Crippen molar-refractivity contribution in [2.24, 2.45) is 0 Å². The Bertz CT molecular complexity index is 1140. The summed E-state index contributed by atoms with van der Waals surface area (Å²) in [6.07, 6.45) is -3.16. The Morgan fingerprint density at radius 1 is 1.14 bits per heavy atom. The molecule has 2 aromatic rings. The van der Waals surface area contributed by atoms with Gasteiger partial charge in [-0.2, -0.15) is 0 Å². The number of carboxylic acid groups (broad SMARTS) is 1. The van der Waals surface area contributed by atoms with E-state index in [1.165, 1.54) is 6.92 Å². The molecular weight excluding hydrogens is 482 g/mol. The van der Waals surface area contributed by atoms with Gasteiger partial charge >= 0.3 is 5.97 Å². The number of carboxylic acids is 1. The van der Waals surface area contributed by atoms with E-state index >= 15 is 0 Å². The molecule has 2 N–H and O–H groups in total. The molecule has 6 atom stereocenters. The predicted molar refractivity (Wildman–Crippen MR) is 129 cm³/mol. The summed E-state index contributed by atoms with van der Waals surface area (Å²) in [5.41, 5.74) is 1.56. The minimum Gasteiger partial charge on any atom is -0.487 e. The zero-order chi connectivity index (χ0) is 26.2. The summed E-state index contributed by atoms with van der Waals surface area (Å²) in [6.45, 7) is 4.96. The summed E-state index contributed by atoms with van der Waals surface area (Å²) in [7, 11) is 0. The van der Waals surface area contributed by atoms with Gasteiger partial charge in [-0.3, -0.25) is 4.79 Å². The van der Waals surface area contributed by atoms with E-state index in [0.29, 0.717) is 5.75 Å². The maximum Gasteiger partial charge on any atom is 0.329 e. The lowest BCUT2D eigenvalue weighted by Crippen LogP contribution is -2.68. The Kier molecular flexibility index (Phi) is 7.09. The number of rotatable bonds is 7. The maximum absolute atomic E-state index is 12.2. The summed E-state index contributed by atoms with van der Waals surface area (Å²) in [5.74, 6) is -0.296. The second-order valence-corrected chi connectivity index (χ2v) is 10.0. The standard InChI is InChI=1S/C27H31NO9/c1-15(29)28-22-24(32-14-21(30)31)23-20(13-33-25(36-23)16-7-5-4-6-8-16)35-26(22)34-18-10-9-17-12-27(2,3)37-19(17)11-18/h4-11,20,22-26H,12-14H2,1-3H3,(H,28,29)(H,30,31). The first kappa shape index (κ1) is 25.5. The smallest absolute Gasteiger partial charge is 0.329 e. The molecule has 0 saturated carbocycles. The highest BCUT2D eigenvalue weighted by Crippen LogP contribution is 2.39. The molecule has 0 aromatic heterocycles. The summed E-state index contributed by atoms with van der Waals surface area (Å²) in [5, 5.41) is 12.1. The fourth-order valence-electron chi connectivity index (χ4n) is 4.98. The number of ether oxygens (including phenoxy) is 6. The number of aliphatic carboxylic acids is 1. The molecule has 0 spiro atoms. The number of hydrogen-bond acceptors (Lipinski definition) is 8. The predicted octanol–water partition coefficient (Wildman–Crippen LogP) is 2.59. The van der Waals surface area contributed by atoms with Crippen LogP contribution < -0.4 is 14.8 Å². The third-order valence-electron chi connectivity index (χ3n) is 6.47. The van der Waals surface area contributed by atoms with E-state index in [2.05, 4.69) is 5.32 Å². The largest absolute Gasteiger partial charge is 0.487 e. The summed E-state index contributed by atoms with van der Waals surface area (Å²) < 4.78 is 36.4. The van der Waals surface area contributed by atoms with Crippen LogP contribution in [0.3, 0.4) is 0 Å². The average Bonchev–Trinajstić information content (AvgIpc) is 3.16. The Morgan fingerprint density at radius 2 is 1.92 bits per heavy atom. The SMILES string of the molecule is CC(=O)NC1C(Oc2ccc3c(c2)OC(C)(C)C3)OC2COC(c3ccccc3)OC2C1OCC(=O)O. The van der Waals surface area contributed by atoms with Crippen molar-refractivity contribution in [2.75, 3.05) is 13.2 Å². The van der Waals surface area contributed by atoms with Crippen LogP contribution in [-0.2, 0) is 35.0 Å². The number of benzene rings is 2. The van der Waals surface area contributed by atoms with Crippen molar-refractivity contribution in [1.82, 2.24) is 5.32 Å². The highest BCUT2D eigenvalue weighted by Gasteiger charge is 2.52. The van der Waals surface area contributed by atoms with Crippen LogP contribution in [0.15, 0.2) is 48.5 Å². The zero-order valence-electron chi connectivity index (χ0n) is 20.9. The number of fused-ring (bicyclic) bond motifs is 2. The van der Waals surface area contributed by atoms with E-state index in [1.807, 2.05) is 56.3 Å². The molecule has 37 heavy (non-hydrogen) atoms. The van der Waals surface area contributed by atoms with E-state index in [-0.39, 0.29) is 18.1 Å². The molecule has 2 saturated heterocycles. The highest BCUT2D eigenvalue weighted by atomic mass is 16.8. The van der Waals surface area contributed by atoms with E-state index in [9.17, 15) is 14.7 Å². The van der Waals surface area contributed by atoms with Crippen molar-refractivity contribution in [2.45, 2.75) is 69.7 Å². The molecule has 198 valence electrons. The van der Waals surface area contributed by atoms with Gasteiger partial charge in [-0.25, -0.2) is 4.79 Å². The molecule has 3 aliphatic rings. The summed E-state index contributed by atoms with van der Waals surface area (Å²) >= 11 is 0. The van der Waals surface area contributed by atoms with Gasteiger partial charge in [0.15, 0.2) is 6.29 Å². The van der Waals surface area contributed by atoms with Crippen LogP contribution in [0.4, 0.5) is 0 Å². The molecule has 6 unspecified atom stereocenters. The fourth-order valence-corrected chi connectivity index (χ4v) is 4.98. The second-order valence-electron chi connectivity index (χ2n) is 10.0. The molecule has 3 aliphatic heterocycles. The number of amides is 1. The summed E-state index contributed by atoms with van der Waals surface area (Å²) in [6, 6.07) is 14.0. The maximum atomic E-state index is 12.2. The molecule has 10 heteroatoms. The van der Waals surface area contributed by atoms with Crippen LogP contribution in [-0.4, -0.2) is 66.4 Å². The van der Waals surface area contributed by atoms with Gasteiger partial charge in [0.1, 0.15) is 48.1 Å². The van der Waals surface area contributed by atoms with Gasteiger partial charge in [-0.15, -0.1) is 0 Å². The monoisotopic (exact) mass is 513 g/mol. The Labute approximate surface area is 214 Å². The lowest BCUT2D eigenvalue weighted by molar-refractivity contribution is -0.337. The van der Waals surface area contributed by atoms with Crippen molar-refractivity contribution in [1.29, 1.82) is 0 Å². The van der Waals surface area contributed by atoms with Crippen LogP contribution in [0, 0.1) is 0 Å². The zero-order valence-corrected chi connectivity index (χ0v) is 20.9. The molecule has 2 fully saturated rings.